The zero-order valence-corrected chi connectivity index (χ0v) is 16.3. The molecular formula is C20H25N3O3S. The zero-order valence-electron chi connectivity index (χ0n) is 15.5. The first-order chi connectivity index (χ1) is 13.0. The number of hydrogen-bond donors (Lipinski definition) is 1. The quantitative estimate of drug-likeness (QED) is 0.579. The fraction of sp³-hybridized carbons (Fsp3) is 0.450. The molecule has 7 heteroatoms. The number of nitro benzene ring substituents is 1. The summed E-state index contributed by atoms with van der Waals surface area (Å²) in [5.74, 6) is 0.565. The van der Waals surface area contributed by atoms with Crippen molar-refractivity contribution in [2.24, 2.45) is 5.92 Å². The second-order valence-corrected chi connectivity index (χ2v) is 8.10. The van der Waals surface area contributed by atoms with Gasteiger partial charge in [-0.3, -0.25) is 19.8 Å². The van der Waals surface area contributed by atoms with Crippen LogP contribution in [0.3, 0.4) is 0 Å². The van der Waals surface area contributed by atoms with Crippen molar-refractivity contribution >= 4 is 22.9 Å². The van der Waals surface area contributed by atoms with E-state index in [1.54, 1.807) is 29.5 Å². The maximum absolute atomic E-state index is 12.4. The first-order valence-corrected chi connectivity index (χ1v) is 10.2. The Morgan fingerprint density at radius 2 is 2.04 bits per heavy atom. The van der Waals surface area contributed by atoms with Gasteiger partial charge in [0.1, 0.15) is 0 Å². The van der Waals surface area contributed by atoms with Crippen LogP contribution >= 0.6 is 11.3 Å². The molecule has 1 saturated heterocycles. The molecule has 27 heavy (non-hydrogen) atoms. The Morgan fingerprint density at radius 1 is 1.30 bits per heavy atom. The average molecular weight is 388 g/mol. The number of benzene rings is 1. The number of nitrogens with one attached hydrogen (secondary N) is 1. The Morgan fingerprint density at radius 3 is 2.70 bits per heavy atom. The van der Waals surface area contributed by atoms with Gasteiger partial charge >= 0.3 is 0 Å². The molecule has 6 nitrogen and oxygen atoms in total. The molecule has 1 amide bonds. The maximum Gasteiger partial charge on any atom is 0.273 e. The summed E-state index contributed by atoms with van der Waals surface area (Å²) in [4.78, 5) is 26.8. The largest absolute Gasteiger partial charge is 0.354 e. The molecule has 1 aliphatic heterocycles. The molecule has 1 aliphatic rings. The lowest BCUT2D eigenvalue weighted by atomic mass is 9.97. The van der Waals surface area contributed by atoms with Crippen molar-refractivity contribution in [1.29, 1.82) is 0 Å². The Labute approximate surface area is 163 Å². The highest BCUT2D eigenvalue weighted by Crippen LogP contribution is 2.29. The van der Waals surface area contributed by atoms with Crippen molar-refractivity contribution in [3.05, 3.63) is 62.3 Å². The van der Waals surface area contributed by atoms with Crippen molar-refractivity contribution in [3.8, 4) is 0 Å². The summed E-state index contributed by atoms with van der Waals surface area (Å²) >= 11 is 1.71. The molecule has 0 aliphatic carbocycles. The van der Waals surface area contributed by atoms with Crippen LogP contribution in [0.25, 0.3) is 0 Å². The predicted octanol–water partition coefficient (Wildman–Crippen LogP) is 3.79. The van der Waals surface area contributed by atoms with E-state index in [9.17, 15) is 14.9 Å². The minimum Gasteiger partial charge on any atom is -0.354 e. The smallest absolute Gasteiger partial charge is 0.273 e. The van der Waals surface area contributed by atoms with Gasteiger partial charge in [0.2, 0.25) is 5.91 Å². The zero-order chi connectivity index (χ0) is 19.2. The molecule has 1 aromatic heterocycles. The molecule has 2 heterocycles. The molecule has 2 aromatic rings. The average Bonchev–Trinajstić information content (AvgIpc) is 3.18. The van der Waals surface area contributed by atoms with E-state index >= 15 is 0 Å². The van der Waals surface area contributed by atoms with Gasteiger partial charge in [-0.25, -0.2) is 0 Å². The van der Waals surface area contributed by atoms with Gasteiger partial charge in [-0.2, -0.15) is 0 Å². The van der Waals surface area contributed by atoms with E-state index in [4.69, 9.17) is 0 Å². The number of nitro groups is 1. The first kappa shape index (κ1) is 19.5. The van der Waals surface area contributed by atoms with E-state index in [0.717, 1.165) is 19.0 Å². The molecule has 0 radical (unpaired) electrons. The number of amides is 1. The fourth-order valence-electron chi connectivity index (χ4n) is 3.52. The van der Waals surface area contributed by atoms with Crippen molar-refractivity contribution in [2.75, 3.05) is 19.6 Å². The highest BCUT2D eigenvalue weighted by atomic mass is 32.1. The molecule has 0 spiro atoms. The number of carbonyl (C=O) groups is 1. The molecule has 3 rings (SSSR count). The molecule has 1 N–H and O–H groups in total. The number of likely N-dealkylation sites (tertiary alicyclic amines) is 1. The van der Waals surface area contributed by atoms with Crippen molar-refractivity contribution < 1.29 is 9.72 Å². The molecule has 1 atom stereocenters. The van der Waals surface area contributed by atoms with Gasteiger partial charge in [0.25, 0.3) is 5.69 Å². The summed E-state index contributed by atoms with van der Waals surface area (Å²) in [7, 11) is 0. The lowest BCUT2D eigenvalue weighted by molar-refractivity contribution is -0.385. The monoisotopic (exact) mass is 387 g/mol. The van der Waals surface area contributed by atoms with Crippen LogP contribution in [0.4, 0.5) is 5.69 Å². The second kappa shape index (κ2) is 9.10. The summed E-state index contributed by atoms with van der Waals surface area (Å²) in [5.41, 5.74) is 0.437. The maximum atomic E-state index is 12.4. The highest BCUT2D eigenvalue weighted by molar-refractivity contribution is 7.10. The summed E-state index contributed by atoms with van der Waals surface area (Å²) in [6.45, 7) is 4.87. The molecule has 1 fully saturated rings. The van der Waals surface area contributed by atoms with E-state index < -0.39 is 4.92 Å². The number of piperidine rings is 1. The van der Waals surface area contributed by atoms with Gasteiger partial charge < -0.3 is 5.32 Å². The molecule has 144 valence electrons. The van der Waals surface area contributed by atoms with Gasteiger partial charge in [0, 0.05) is 23.1 Å². The number of thiophene rings is 1. The summed E-state index contributed by atoms with van der Waals surface area (Å²) in [6.07, 6.45) is 2.36. The van der Waals surface area contributed by atoms with Crippen LogP contribution in [0.1, 0.15) is 36.2 Å². The van der Waals surface area contributed by atoms with Crippen LogP contribution < -0.4 is 5.32 Å². The number of rotatable bonds is 7. The topological polar surface area (TPSA) is 75.5 Å². The second-order valence-electron chi connectivity index (χ2n) is 7.12. The third-order valence-electron chi connectivity index (χ3n) is 5.16. The third-order valence-corrected chi connectivity index (χ3v) is 6.14. The number of carbonyl (C=O) groups excluding carboxylic acids is 1. The van der Waals surface area contributed by atoms with Crippen LogP contribution in [0.2, 0.25) is 0 Å². The summed E-state index contributed by atoms with van der Waals surface area (Å²) in [6, 6.07) is 10.7. The van der Waals surface area contributed by atoms with Crippen LogP contribution in [0.5, 0.6) is 0 Å². The summed E-state index contributed by atoms with van der Waals surface area (Å²) < 4.78 is 0. The van der Waals surface area contributed by atoms with Gasteiger partial charge in [0.05, 0.1) is 17.4 Å². The van der Waals surface area contributed by atoms with Crippen molar-refractivity contribution in [3.63, 3.8) is 0 Å². The number of para-hydroxylation sites is 1. The Hall–Kier alpha value is -2.25. The SMILES string of the molecule is CC1CCN(C(CNC(=O)Cc2ccccc2[N+](=O)[O-])c2cccs2)CC1. The Bertz CT molecular complexity index is 771. The van der Waals surface area contributed by atoms with Gasteiger partial charge in [-0.15, -0.1) is 11.3 Å². The lowest BCUT2D eigenvalue weighted by Crippen LogP contribution is -2.42. The highest BCUT2D eigenvalue weighted by Gasteiger charge is 2.26. The van der Waals surface area contributed by atoms with Crippen LogP contribution in [0.15, 0.2) is 41.8 Å². The first-order valence-electron chi connectivity index (χ1n) is 9.31. The fourth-order valence-corrected chi connectivity index (χ4v) is 4.38. The Balaban J connectivity index is 1.63. The molecule has 1 unspecified atom stereocenters. The van der Waals surface area contributed by atoms with E-state index in [-0.39, 0.29) is 24.1 Å². The van der Waals surface area contributed by atoms with Crippen molar-refractivity contribution in [2.45, 2.75) is 32.2 Å². The number of hydrogen-bond acceptors (Lipinski definition) is 5. The van der Waals surface area contributed by atoms with E-state index in [2.05, 4.69) is 28.6 Å². The Kier molecular flexibility index (Phi) is 6.58. The number of nitrogens with zero attached hydrogens (tertiary/aromatic N) is 2. The van der Waals surface area contributed by atoms with E-state index in [1.807, 2.05) is 6.07 Å². The van der Waals surface area contributed by atoms with Gasteiger partial charge in [0.15, 0.2) is 0 Å². The van der Waals surface area contributed by atoms with Gasteiger partial charge in [-0.1, -0.05) is 31.2 Å². The standard InChI is InChI=1S/C20H25N3O3S/c1-15-8-10-22(11-9-15)18(19-7-4-12-27-19)14-21-20(24)13-16-5-2-3-6-17(16)23(25)26/h2-7,12,15,18H,8-11,13-14H2,1H3,(H,21,24). The molecule has 0 bridgehead atoms. The van der Waals surface area contributed by atoms with Crippen LogP contribution in [-0.2, 0) is 11.2 Å². The van der Waals surface area contributed by atoms with Crippen LogP contribution in [0, 0.1) is 16.0 Å². The normalized spacial score (nSPS) is 16.8. The van der Waals surface area contributed by atoms with Crippen molar-refractivity contribution in [1.82, 2.24) is 10.2 Å². The minimum absolute atomic E-state index is 0.00697. The van der Waals surface area contributed by atoms with Gasteiger partial charge in [-0.05, 0) is 43.3 Å². The minimum atomic E-state index is -0.439. The predicted molar refractivity (Wildman–Crippen MR) is 107 cm³/mol. The molecule has 0 saturated carbocycles. The third kappa shape index (κ3) is 5.14. The van der Waals surface area contributed by atoms with Crippen LogP contribution in [-0.4, -0.2) is 35.4 Å². The molecular weight excluding hydrogens is 362 g/mol. The lowest BCUT2D eigenvalue weighted by Gasteiger charge is -2.36. The van der Waals surface area contributed by atoms with E-state index in [1.165, 1.54) is 23.8 Å². The van der Waals surface area contributed by atoms with E-state index in [0.29, 0.717) is 12.1 Å². The summed E-state index contributed by atoms with van der Waals surface area (Å²) in [5, 5.41) is 16.2. The molecule has 1 aromatic carbocycles.